The lowest BCUT2D eigenvalue weighted by Gasteiger charge is -2.24. The van der Waals surface area contributed by atoms with E-state index in [0.717, 1.165) is 79.8 Å². The molecule has 0 amide bonds. The molecule has 53 heavy (non-hydrogen) atoms. The van der Waals surface area contributed by atoms with Crippen LogP contribution in [0.1, 0.15) is 40.4 Å². The zero-order valence-corrected chi connectivity index (χ0v) is 29.0. The van der Waals surface area contributed by atoms with Gasteiger partial charge in [-0.15, -0.1) is 0 Å². The fourth-order valence-corrected chi connectivity index (χ4v) is 7.66. The third kappa shape index (κ3) is 5.84. The van der Waals surface area contributed by atoms with Gasteiger partial charge >= 0.3 is 0 Å². The molecule has 1 aliphatic carbocycles. The minimum absolute atomic E-state index is 0.505. The summed E-state index contributed by atoms with van der Waals surface area (Å²) < 4.78 is 6.50. The normalized spacial score (nSPS) is 15.1. The molecule has 7 aromatic carbocycles. The van der Waals surface area contributed by atoms with Crippen LogP contribution in [-0.4, -0.2) is 11.7 Å². The molecule has 1 aromatic heterocycles. The van der Waals surface area contributed by atoms with Crippen LogP contribution in [0.25, 0.3) is 61.4 Å². The summed E-state index contributed by atoms with van der Waals surface area (Å²) in [4.78, 5) is 10.7. The number of hydrogen-bond acceptors (Lipinski definition) is 4. The average Bonchev–Trinajstić information content (AvgIpc) is 3.62. The molecule has 0 radical (unpaired) electrons. The Morgan fingerprint density at radius 1 is 0.491 bits per heavy atom. The largest absolute Gasteiger partial charge is 0.456 e. The molecule has 0 saturated carbocycles. The van der Waals surface area contributed by atoms with Gasteiger partial charge in [-0.25, -0.2) is 9.98 Å². The van der Waals surface area contributed by atoms with E-state index in [1.54, 1.807) is 0 Å². The van der Waals surface area contributed by atoms with E-state index < -0.39 is 6.17 Å². The quantitative estimate of drug-likeness (QED) is 0.190. The number of nitrogens with zero attached hydrogens (tertiary/aromatic N) is 2. The predicted molar refractivity (Wildman–Crippen MR) is 219 cm³/mol. The minimum atomic E-state index is -0.505. The van der Waals surface area contributed by atoms with Gasteiger partial charge in [0.15, 0.2) is 6.17 Å². The molecule has 10 rings (SSSR count). The van der Waals surface area contributed by atoms with Crippen molar-refractivity contribution in [1.82, 2.24) is 5.32 Å². The number of hydrogen-bond donors (Lipinski definition) is 1. The summed E-state index contributed by atoms with van der Waals surface area (Å²) in [5.74, 6) is 1.60. The number of allylic oxidation sites excluding steroid dienone is 1. The second-order valence-electron chi connectivity index (χ2n) is 13.7. The van der Waals surface area contributed by atoms with Crippen LogP contribution in [0, 0.1) is 0 Å². The molecule has 4 heteroatoms. The molecule has 0 saturated heterocycles. The first-order valence-corrected chi connectivity index (χ1v) is 18.2. The van der Waals surface area contributed by atoms with Gasteiger partial charge in [-0.3, -0.25) is 0 Å². The number of benzene rings is 7. The summed E-state index contributed by atoms with van der Waals surface area (Å²) in [5, 5.41) is 5.77. The molecule has 0 bridgehead atoms. The van der Waals surface area contributed by atoms with E-state index in [1.807, 2.05) is 24.3 Å². The summed E-state index contributed by atoms with van der Waals surface area (Å²) >= 11 is 0. The smallest absolute Gasteiger partial charge is 0.170 e. The van der Waals surface area contributed by atoms with Gasteiger partial charge in [0, 0.05) is 27.5 Å². The van der Waals surface area contributed by atoms with E-state index >= 15 is 0 Å². The third-order valence-electron chi connectivity index (χ3n) is 10.4. The fourth-order valence-electron chi connectivity index (χ4n) is 7.66. The van der Waals surface area contributed by atoms with E-state index in [-0.39, 0.29) is 0 Å². The molecular weight excluding hydrogens is 647 g/mol. The third-order valence-corrected chi connectivity index (χ3v) is 10.4. The highest BCUT2D eigenvalue weighted by Gasteiger charge is 2.25. The van der Waals surface area contributed by atoms with E-state index in [4.69, 9.17) is 14.4 Å². The summed E-state index contributed by atoms with van der Waals surface area (Å²) in [6.07, 6.45) is 6.04. The van der Waals surface area contributed by atoms with Crippen molar-refractivity contribution in [2.75, 3.05) is 0 Å². The Kier molecular flexibility index (Phi) is 7.65. The van der Waals surface area contributed by atoms with Crippen LogP contribution in [0.15, 0.2) is 184 Å². The summed E-state index contributed by atoms with van der Waals surface area (Å²) in [6, 6.07) is 57.7. The van der Waals surface area contributed by atoms with E-state index in [2.05, 4.69) is 157 Å². The molecule has 8 aromatic rings. The van der Waals surface area contributed by atoms with E-state index in [9.17, 15) is 0 Å². The number of amidine groups is 2. The van der Waals surface area contributed by atoms with Gasteiger partial charge in [-0.05, 0) is 81.6 Å². The lowest BCUT2D eigenvalue weighted by molar-refractivity contribution is 0.668. The molecule has 252 valence electrons. The lowest BCUT2D eigenvalue weighted by atomic mass is 9.94. The number of nitrogens with one attached hydrogen (secondary N) is 1. The number of para-hydroxylation sites is 1. The molecule has 0 spiro atoms. The van der Waals surface area contributed by atoms with Crippen LogP contribution in [0.4, 0.5) is 0 Å². The van der Waals surface area contributed by atoms with Gasteiger partial charge in [0.1, 0.15) is 22.8 Å². The number of aryl methyl sites for hydroxylation is 1. The van der Waals surface area contributed by atoms with Gasteiger partial charge in [-0.1, -0.05) is 152 Å². The highest BCUT2D eigenvalue weighted by Crippen LogP contribution is 2.40. The number of fused-ring (bicyclic) bond motifs is 4. The van der Waals surface area contributed by atoms with Crippen LogP contribution < -0.4 is 5.32 Å². The van der Waals surface area contributed by atoms with Crippen molar-refractivity contribution in [3.05, 3.63) is 198 Å². The summed E-state index contributed by atoms with van der Waals surface area (Å²) in [5.41, 5.74) is 14.3. The number of furan rings is 1. The number of aliphatic imine (C=N–C) groups is 2. The van der Waals surface area contributed by atoms with Crippen LogP contribution in [0.5, 0.6) is 0 Å². The van der Waals surface area contributed by atoms with Crippen molar-refractivity contribution in [1.29, 1.82) is 0 Å². The Bertz CT molecular complexity index is 2720. The maximum Gasteiger partial charge on any atom is 0.170 e. The van der Waals surface area contributed by atoms with E-state index in [0.29, 0.717) is 0 Å². The van der Waals surface area contributed by atoms with Crippen molar-refractivity contribution in [2.45, 2.75) is 19.0 Å². The standard InChI is InChI=1S/C49H35N3O/c1-3-11-32(12-4-1)35-19-21-36(22-20-35)37-23-26-38(27-24-37)47-50-48(40-28-25-34-15-7-8-16-39(34)29-40)52-49(51-47)43-30-41(33-13-5-2-6-14-33)31-45-46(43)42-17-9-10-18-44(42)53-45/h1-7,9-15,17-31,49H,8,16H2,(H,50,51,52). The molecule has 2 heterocycles. The van der Waals surface area contributed by atoms with Crippen molar-refractivity contribution < 1.29 is 4.42 Å². The Labute approximate surface area is 308 Å². The Morgan fingerprint density at radius 2 is 1.06 bits per heavy atom. The van der Waals surface area contributed by atoms with Gasteiger partial charge in [0.05, 0.1) is 0 Å². The van der Waals surface area contributed by atoms with Gasteiger partial charge in [0.2, 0.25) is 0 Å². The number of rotatable bonds is 6. The lowest BCUT2D eigenvalue weighted by Crippen LogP contribution is -2.36. The molecule has 1 unspecified atom stereocenters. The zero-order valence-electron chi connectivity index (χ0n) is 29.0. The molecule has 0 fully saturated rings. The highest BCUT2D eigenvalue weighted by molar-refractivity contribution is 6.16. The monoisotopic (exact) mass is 681 g/mol. The Hall–Kier alpha value is -6.78. The summed E-state index contributed by atoms with van der Waals surface area (Å²) in [7, 11) is 0. The first-order valence-electron chi connectivity index (χ1n) is 18.2. The van der Waals surface area contributed by atoms with Gasteiger partial charge in [0.25, 0.3) is 0 Å². The van der Waals surface area contributed by atoms with Crippen molar-refractivity contribution in [3.63, 3.8) is 0 Å². The van der Waals surface area contributed by atoms with Crippen LogP contribution in [-0.2, 0) is 6.42 Å². The fraction of sp³-hybridized carbons (Fsp3) is 0.0612. The van der Waals surface area contributed by atoms with Crippen LogP contribution >= 0.6 is 0 Å². The molecule has 4 nitrogen and oxygen atoms in total. The highest BCUT2D eigenvalue weighted by atomic mass is 16.3. The SMILES string of the molecule is C1=Cc2ccc(C3=NC(c4cc(-c5ccccc5)cc5oc6ccccc6c45)N=C(c4ccc(-c5ccc(-c6ccccc6)cc5)cc4)N3)cc2CC1. The molecule has 1 N–H and O–H groups in total. The van der Waals surface area contributed by atoms with Crippen LogP contribution in [0.2, 0.25) is 0 Å². The molecule has 1 atom stereocenters. The molecule has 2 aliphatic rings. The second-order valence-corrected chi connectivity index (χ2v) is 13.7. The molecule has 1 aliphatic heterocycles. The van der Waals surface area contributed by atoms with Gasteiger partial charge in [-0.2, -0.15) is 0 Å². The molecular formula is C49H35N3O. The van der Waals surface area contributed by atoms with E-state index in [1.165, 1.54) is 27.8 Å². The van der Waals surface area contributed by atoms with Crippen molar-refractivity contribution >= 4 is 39.7 Å². The zero-order chi connectivity index (χ0) is 35.1. The second kappa shape index (κ2) is 13.1. The summed E-state index contributed by atoms with van der Waals surface area (Å²) in [6.45, 7) is 0. The van der Waals surface area contributed by atoms with Crippen LogP contribution in [0.3, 0.4) is 0 Å². The maximum atomic E-state index is 6.50. The Balaban J connectivity index is 1.09. The predicted octanol–water partition coefficient (Wildman–Crippen LogP) is 12.0. The van der Waals surface area contributed by atoms with Gasteiger partial charge < -0.3 is 9.73 Å². The first kappa shape index (κ1) is 31.0. The average molecular weight is 682 g/mol. The first-order chi connectivity index (χ1) is 26.2. The minimum Gasteiger partial charge on any atom is -0.456 e. The Morgan fingerprint density at radius 3 is 1.75 bits per heavy atom. The van der Waals surface area contributed by atoms with Crippen molar-refractivity contribution in [2.24, 2.45) is 9.98 Å². The van der Waals surface area contributed by atoms with Crippen molar-refractivity contribution in [3.8, 4) is 33.4 Å². The topological polar surface area (TPSA) is 49.9 Å². The maximum absolute atomic E-state index is 6.50.